The van der Waals surface area contributed by atoms with E-state index in [0.29, 0.717) is 34.2 Å². The van der Waals surface area contributed by atoms with Crippen molar-refractivity contribution in [2.75, 3.05) is 5.32 Å². The highest BCUT2D eigenvalue weighted by molar-refractivity contribution is 6.34. The Morgan fingerprint density at radius 3 is 2.79 bits per heavy atom. The topological polar surface area (TPSA) is 121 Å². The fraction of sp³-hybridized carbons (Fsp3) is 0.444. The van der Waals surface area contributed by atoms with Crippen LogP contribution < -0.4 is 16.0 Å². The lowest BCUT2D eigenvalue weighted by atomic mass is 9.90. The monoisotopic (exact) mass is 404 g/mol. The van der Waals surface area contributed by atoms with Crippen molar-refractivity contribution in [3.05, 3.63) is 28.5 Å². The zero-order valence-corrected chi connectivity index (χ0v) is 16.1. The van der Waals surface area contributed by atoms with Crippen LogP contribution in [0.2, 0.25) is 5.02 Å². The summed E-state index contributed by atoms with van der Waals surface area (Å²) in [5.41, 5.74) is 2.40. The van der Waals surface area contributed by atoms with E-state index in [9.17, 15) is 9.59 Å². The molecule has 0 radical (unpaired) electrons. The highest BCUT2D eigenvalue weighted by Crippen LogP contribution is 2.37. The van der Waals surface area contributed by atoms with E-state index in [2.05, 4.69) is 26.0 Å². The summed E-state index contributed by atoms with van der Waals surface area (Å²) in [5, 5.41) is 22.4. The number of pyridine rings is 1. The summed E-state index contributed by atoms with van der Waals surface area (Å²) in [7, 11) is 1.79. The summed E-state index contributed by atoms with van der Waals surface area (Å²) < 4.78 is 1.64. The molecule has 0 aromatic carbocycles. The average Bonchev–Trinajstić information content (AvgIpc) is 3.25. The normalized spacial score (nSPS) is 21.1. The Labute approximate surface area is 166 Å². The van der Waals surface area contributed by atoms with Crippen LogP contribution in [0.15, 0.2) is 12.4 Å². The molecule has 2 aromatic rings. The van der Waals surface area contributed by atoms with Crippen molar-refractivity contribution < 1.29 is 14.7 Å². The Balaban J connectivity index is 1.73. The number of carbonyl (C=O) groups is 2. The van der Waals surface area contributed by atoms with Crippen molar-refractivity contribution in [1.82, 2.24) is 25.4 Å². The number of nitrogens with zero attached hydrogens (tertiary/aromatic N) is 3. The predicted molar refractivity (Wildman–Crippen MR) is 103 cm³/mol. The Morgan fingerprint density at radius 2 is 2.11 bits per heavy atom. The number of halogens is 1. The van der Waals surface area contributed by atoms with Crippen LogP contribution in [0.3, 0.4) is 0 Å². The molecular formula is C18H21ClN6O3. The number of aromatic nitrogens is 3. The van der Waals surface area contributed by atoms with Gasteiger partial charge in [-0.2, -0.15) is 5.10 Å². The van der Waals surface area contributed by atoms with Crippen LogP contribution >= 0.6 is 11.6 Å². The lowest BCUT2D eigenvalue weighted by Gasteiger charge is -2.32. The second kappa shape index (κ2) is 7.31. The van der Waals surface area contributed by atoms with Crippen LogP contribution in [0.5, 0.6) is 0 Å². The van der Waals surface area contributed by atoms with E-state index in [4.69, 9.17) is 16.7 Å². The molecule has 9 nitrogen and oxygen atoms in total. The Kier molecular flexibility index (Phi) is 4.84. The third-order valence-electron chi connectivity index (χ3n) is 5.26. The summed E-state index contributed by atoms with van der Waals surface area (Å²) in [6, 6.07) is -0.348. The molecule has 0 bridgehead atoms. The molecule has 2 aromatic heterocycles. The number of hydrogen-bond acceptors (Lipinski definition) is 5. The molecule has 1 aliphatic heterocycles. The molecule has 0 spiro atoms. The summed E-state index contributed by atoms with van der Waals surface area (Å²) >= 11 is 6.58. The van der Waals surface area contributed by atoms with Gasteiger partial charge in [-0.1, -0.05) is 24.4 Å². The zero-order chi connectivity index (χ0) is 19.8. The van der Waals surface area contributed by atoms with E-state index in [0.717, 1.165) is 31.2 Å². The molecule has 1 fully saturated rings. The van der Waals surface area contributed by atoms with Crippen molar-refractivity contribution in [2.24, 2.45) is 7.05 Å². The minimum absolute atomic E-state index is 0.125. The highest BCUT2D eigenvalue weighted by Gasteiger charge is 2.32. The first-order valence-corrected chi connectivity index (χ1v) is 9.57. The minimum atomic E-state index is -1.04. The van der Waals surface area contributed by atoms with Gasteiger partial charge < -0.3 is 21.1 Å². The molecule has 2 atom stereocenters. The van der Waals surface area contributed by atoms with Gasteiger partial charge in [0.05, 0.1) is 28.5 Å². The minimum Gasteiger partial charge on any atom is -0.465 e. The van der Waals surface area contributed by atoms with E-state index >= 15 is 0 Å². The lowest BCUT2D eigenvalue weighted by Crippen LogP contribution is -2.48. The SMILES string of the molecule is Cn1cc(-c2nc(N[C@@H]3CCCC[C@@H]3NC(=O)O)c(Cl)c3c2C(=O)NC3)cn1. The van der Waals surface area contributed by atoms with Gasteiger partial charge in [-0.05, 0) is 12.8 Å². The maximum absolute atomic E-state index is 12.4. The number of hydrogen-bond donors (Lipinski definition) is 4. The third-order valence-corrected chi connectivity index (χ3v) is 5.67. The lowest BCUT2D eigenvalue weighted by molar-refractivity contribution is 0.0966. The van der Waals surface area contributed by atoms with Crippen molar-refractivity contribution in [3.63, 3.8) is 0 Å². The molecule has 2 amide bonds. The smallest absolute Gasteiger partial charge is 0.404 e. The third kappa shape index (κ3) is 3.37. The number of nitrogens with one attached hydrogen (secondary N) is 3. The van der Waals surface area contributed by atoms with Crippen molar-refractivity contribution in [2.45, 2.75) is 44.3 Å². The molecular weight excluding hydrogens is 384 g/mol. The second-order valence-electron chi connectivity index (χ2n) is 7.15. The summed E-state index contributed by atoms with van der Waals surface area (Å²) in [5.74, 6) is 0.248. The maximum atomic E-state index is 12.4. The summed E-state index contributed by atoms with van der Waals surface area (Å²) in [6.45, 7) is 0.332. The molecule has 148 valence electrons. The molecule has 0 saturated heterocycles. The van der Waals surface area contributed by atoms with Gasteiger partial charge in [-0.3, -0.25) is 9.48 Å². The van der Waals surface area contributed by atoms with Gasteiger partial charge in [-0.25, -0.2) is 9.78 Å². The average molecular weight is 405 g/mol. The molecule has 4 rings (SSSR count). The Hall–Kier alpha value is -2.81. The molecule has 3 heterocycles. The van der Waals surface area contributed by atoms with Gasteiger partial charge in [0.1, 0.15) is 5.82 Å². The van der Waals surface area contributed by atoms with Gasteiger partial charge in [0.2, 0.25) is 0 Å². The number of aryl methyl sites for hydroxylation is 1. The van der Waals surface area contributed by atoms with Crippen molar-refractivity contribution >= 4 is 29.4 Å². The van der Waals surface area contributed by atoms with Crippen LogP contribution in [0, 0.1) is 0 Å². The van der Waals surface area contributed by atoms with Crippen LogP contribution in [0.1, 0.15) is 41.6 Å². The molecule has 1 aliphatic carbocycles. The van der Waals surface area contributed by atoms with Gasteiger partial charge in [-0.15, -0.1) is 0 Å². The van der Waals surface area contributed by atoms with Crippen LogP contribution in [0.25, 0.3) is 11.3 Å². The quantitative estimate of drug-likeness (QED) is 0.620. The second-order valence-corrected chi connectivity index (χ2v) is 7.53. The standard InChI is InChI=1S/C18H21ClN6O3/c1-25-8-9(6-21-25)15-13-10(7-20-17(13)26)14(19)16(24-15)22-11-4-2-3-5-12(11)23-18(27)28/h6,8,11-12,23H,2-5,7H2,1H3,(H,20,26)(H,22,24)(H,27,28)/t11-,12+/m1/s1. The number of carboxylic acid groups (broad SMARTS) is 1. The Bertz CT molecular complexity index is 944. The number of amides is 2. The first kappa shape index (κ1) is 18.5. The fourth-order valence-electron chi connectivity index (χ4n) is 3.94. The molecule has 1 saturated carbocycles. The zero-order valence-electron chi connectivity index (χ0n) is 15.3. The van der Waals surface area contributed by atoms with E-state index in [1.165, 1.54) is 0 Å². The number of anilines is 1. The largest absolute Gasteiger partial charge is 0.465 e. The molecule has 4 N–H and O–H groups in total. The maximum Gasteiger partial charge on any atom is 0.404 e. The molecule has 2 aliphatic rings. The molecule has 0 unspecified atom stereocenters. The van der Waals surface area contributed by atoms with Crippen molar-refractivity contribution in [1.29, 1.82) is 0 Å². The van der Waals surface area contributed by atoms with Gasteiger partial charge in [0.25, 0.3) is 5.91 Å². The van der Waals surface area contributed by atoms with Gasteiger partial charge >= 0.3 is 6.09 Å². The van der Waals surface area contributed by atoms with E-state index in [1.54, 1.807) is 24.1 Å². The van der Waals surface area contributed by atoms with E-state index < -0.39 is 6.09 Å². The van der Waals surface area contributed by atoms with Crippen molar-refractivity contribution in [3.8, 4) is 11.3 Å². The molecule has 28 heavy (non-hydrogen) atoms. The van der Waals surface area contributed by atoms with Crippen LogP contribution in [0.4, 0.5) is 10.6 Å². The number of fused-ring (bicyclic) bond motifs is 1. The van der Waals surface area contributed by atoms with E-state index in [1.807, 2.05) is 0 Å². The number of carbonyl (C=O) groups excluding carboxylic acids is 1. The predicted octanol–water partition coefficient (Wildman–Crippen LogP) is 2.37. The summed E-state index contributed by atoms with van der Waals surface area (Å²) in [6.07, 6.45) is 5.92. The van der Waals surface area contributed by atoms with Crippen LogP contribution in [-0.2, 0) is 13.6 Å². The highest BCUT2D eigenvalue weighted by atomic mass is 35.5. The van der Waals surface area contributed by atoms with Gasteiger partial charge in [0.15, 0.2) is 0 Å². The fourth-order valence-corrected chi connectivity index (χ4v) is 4.20. The summed E-state index contributed by atoms with van der Waals surface area (Å²) in [4.78, 5) is 28.1. The molecule has 10 heteroatoms. The number of rotatable bonds is 4. The first-order chi connectivity index (χ1) is 13.4. The van der Waals surface area contributed by atoms with E-state index in [-0.39, 0.29) is 18.0 Å². The van der Waals surface area contributed by atoms with Gasteiger partial charge in [0, 0.05) is 37.0 Å². The van der Waals surface area contributed by atoms with Crippen LogP contribution in [-0.4, -0.2) is 44.0 Å². The first-order valence-electron chi connectivity index (χ1n) is 9.19. The Morgan fingerprint density at radius 1 is 1.36 bits per heavy atom.